The second-order valence-corrected chi connectivity index (χ2v) is 10.3. The molecule has 1 amide bonds. The van der Waals surface area contributed by atoms with Crippen LogP contribution in [0.25, 0.3) is 10.9 Å². The largest absolute Gasteiger partial charge is 0.478 e. The Morgan fingerprint density at radius 2 is 1.26 bits per heavy atom. The first-order valence-corrected chi connectivity index (χ1v) is 14.0. The number of halogens is 1. The Hall–Kier alpha value is -5.40. The smallest absolute Gasteiger partial charge is 0.413 e. The highest BCUT2D eigenvalue weighted by Gasteiger charge is 2.41. The van der Waals surface area contributed by atoms with Gasteiger partial charge in [-0.25, -0.2) is 14.3 Å². The van der Waals surface area contributed by atoms with E-state index in [-0.39, 0.29) is 23.0 Å². The number of rotatable bonds is 8. The van der Waals surface area contributed by atoms with Crippen LogP contribution < -0.4 is 5.32 Å². The van der Waals surface area contributed by atoms with Crippen LogP contribution in [0.15, 0.2) is 133 Å². The molecule has 0 aliphatic rings. The second kappa shape index (κ2) is 11.8. The number of amides is 1. The summed E-state index contributed by atoms with van der Waals surface area (Å²) >= 11 is 6.56. The molecule has 0 saturated heterocycles. The summed E-state index contributed by atoms with van der Waals surface area (Å²) in [4.78, 5) is 25.2. The third kappa shape index (κ3) is 5.22. The molecule has 1 aromatic heterocycles. The number of hydrogen-bond donors (Lipinski definition) is 2. The highest BCUT2D eigenvalue weighted by Crippen LogP contribution is 2.44. The van der Waals surface area contributed by atoms with E-state index in [0.29, 0.717) is 10.9 Å². The fourth-order valence-corrected chi connectivity index (χ4v) is 5.65. The van der Waals surface area contributed by atoms with E-state index in [4.69, 9.17) is 21.4 Å². The van der Waals surface area contributed by atoms with Crippen LogP contribution in [0.4, 0.5) is 10.6 Å². The van der Waals surface area contributed by atoms with Gasteiger partial charge in [0.05, 0.1) is 16.1 Å². The highest BCUT2D eigenvalue weighted by atomic mass is 35.5. The van der Waals surface area contributed by atoms with E-state index >= 15 is 0 Å². The SMILES string of the molecule is O=C(Nc1nn(C(c2ccccc2)(c2ccccc2)c2ccccc2)c2cc(Cl)c(C(=O)O)cc12)OCc1ccccc1. The van der Waals surface area contributed by atoms with Crippen molar-refractivity contribution in [2.24, 2.45) is 0 Å². The van der Waals surface area contributed by atoms with Crippen LogP contribution in [0.3, 0.4) is 0 Å². The van der Waals surface area contributed by atoms with E-state index in [2.05, 4.69) is 5.32 Å². The maximum absolute atomic E-state index is 13.1. The van der Waals surface area contributed by atoms with Gasteiger partial charge >= 0.3 is 12.1 Å². The van der Waals surface area contributed by atoms with Gasteiger partial charge < -0.3 is 9.84 Å². The molecule has 6 rings (SSSR count). The number of anilines is 1. The van der Waals surface area contributed by atoms with Crippen molar-refractivity contribution in [3.63, 3.8) is 0 Å². The molecule has 212 valence electrons. The summed E-state index contributed by atoms with van der Waals surface area (Å²) < 4.78 is 7.29. The standard InChI is InChI=1S/C35H26ClN3O4/c36-30-22-31-29(21-28(30)33(40)41)32(37-34(42)43-23-24-13-5-1-6-14-24)38-39(31)35(25-15-7-2-8-16-25,26-17-9-3-10-18-26)27-19-11-4-12-20-27/h1-22H,23H2,(H,40,41)(H,37,38,42). The predicted molar refractivity (Wildman–Crippen MR) is 167 cm³/mol. The summed E-state index contributed by atoms with van der Waals surface area (Å²) in [5.41, 5.74) is 2.88. The fourth-order valence-electron chi connectivity index (χ4n) is 5.41. The van der Waals surface area contributed by atoms with Crippen LogP contribution in [0, 0.1) is 0 Å². The van der Waals surface area contributed by atoms with Gasteiger partial charge in [0.2, 0.25) is 0 Å². The maximum Gasteiger partial charge on any atom is 0.413 e. The molecule has 0 aliphatic carbocycles. The van der Waals surface area contributed by atoms with Crippen LogP contribution in [-0.2, 0) is 16.9 Å². The summed E-state index contributed by atoms with van der Waals surface area (Å²) in [6.45, 7) is 0.0551. The lowest BCUT2D eigenvalue weighted by Gasteiger charge is -2.37. The lowest BCUT2D eigenvalue weighted by molar-refractivity contribution is 0.0697. The molecule has 1 heterocycles. The van der Waals surface area contributed by atoms with Crippen molar-refractivity contribution in [3.05, 3.63) is 166 Å². The van der Waals surface area contributed by atoms with Gasteiger partial charge in [0.15, 0.2) is 5.82 Å². The van der Waals surface area contributed by atoms with E-state index < -0.39 is 17.6 Å². The number of carbonyl (C=O) groups excluding carboxylic acids is 1. The molecule has 0 radical (unpaired) electrons. The highest BCUT2D eigenvalue weighted by molar-refractivity contribution is 6.34. The van der Waals surface area contributed by atoms with E-state index in [1.165, 1.54) is 6.07 Å². The monoisotopic (exact) mass is 587 g/mol. The summed E-state index contributed by atoms with van der Waals surface area (Å²) in [5, 5.41) is 18.1. The summed E-state index contributed by atoms with van der Waals surface area (Å²) in [6.07, 6.45) is -0.730. The predicted octanol–water partition coefficient (Wildman–Crippen LogP) is 7.98. The maximum atomic E-state index is 13.1. The zero-order valence-electron chi connectivity index (χ0n) is 22.9. The molecular weight excluding hydrogens is 562 g/mol. The fraction of sp³-hybridized carbons (Fsp3) is 0.0571. The molecule has 2 N–H and O–H groups in total. The zero-order valence-corrected chi connectivity index (χ0v) is 23.6. The molecule has 0 bridgehead atoms. The molecule has 0 atom stereocenters. The van der Waals surface area contributed by atoms with Crippen molar-refractivity contribution in [2.75, 3.05) is 5.32 Å². The van der Waals surface area contributed by atoms with Crippen LogP contribution in [0.5, 0.6) is 0 Å². The summed E-state index contributed by atoms with van der Waals surface area (Å²) in [6, 6.07) is 42.0. The van der Waals surface area contributed by atoms with Crippen LogP contribution >= 0.6 is 11.6 Å². The molecule has 43 heavy (non-hydrogen) atoms. The molecular formula is C35H26ClN3O4. The molecule has 0 aliphatic heterocycles. The number of carboxylic acid groups (broad SMARTS) is 1. The number of carboxylic acids is 1. The van der Waals surface area contributed by atoms with E-state index in [0.717, 1.165) is 22.3 Å². The van der Waals surface area contributed by atoms with Gasteiger partial charge in [0, 0.05) is 5.39 Å². The molecule has 0 saturated carbocycles. The molecule has 6 aromatic rings. The first-order valence-electron chi connectivity index (χ1n) is 13.6. The first kappa shape index (κ1) is 27.8. The Morgan fingerprint density at radius 3 is 1.74 bits per heavy atom. The minimum absolute atomic E-state index is 0.0439. The molecule has 0 unspecified atom stereocenters. The number of ether oxygens (including phenoxy) is 1. The number of hydrogen-bond acceptors (Lipinski definition) is 4. The van der Waals surface area contributed by atoms with E-state index in [1.807, 2.05) is 121 Å². The molecule has 0 fully saturated rings. The second-order valence-electron chi connectivity index (χ2n) is 9.91. The normalized spacial score (nSPS) is 11.3. The Kier molecular flexibility index (Phi) is 7.64. The number of aromatic nitrogens is 2. The molecule has 0 spiro atoms. The first-order chi connectivity index (χ1) is 21.0. The number of fused-ring (bicyclic) bond motifs is 1. The Morgan fingerprint density at radius 1 is 0.767 bits per heavy atom. The van der Waals surface area contributed by atoms with Gasteiger partial charge in [0.1, 0.15) is 12.1 Å². The van der Waals surface area contributed by atoms with Gasteiger partial charge in [0.25, 0.3) is 0 Å². The van der Waals surface area contributed by atoms with Crippen LogP contribution in [-0.4, -0.2) is 26.9 Å². The average Bonchev–Trinajstić information content (AvgIpc) is 3.38. The quantitative estimate of drug-likeness (QED) is 0.176. The average molecular weight is 588 g/mol. The van der Waals surface area contributed by atoms with Crippen molar-refractivity contribution in [2.45, 2.75) is 12.1 Å². The minimum atomic E-state index is -1.20. The Bertz CT molecular complexity index is 1800. The summed E-state index contributed by atoms with van der Waals surface area (Å²) in [5.74, 6) is -1.06. The topological polar surface area (TPSA) is 93.5 Å². The van der Waals surface area contributed by atoms with Crippen molar-refractivity contribution in [3.8, 4) is 0 Å². The van der Waals surface area contributed by atoms with Crippen molar-refractivity contribution >= 4 is 40.4 Å². The summed E-state index contributed by atoms with van der Waals surface area (Å²) in [7, 11) is 0. The Labute approximate surface area is 252 Å². The Balaban J connectivity index is 1.60. The minimum Gasteiger partial charge on any atom is -0.478 e. The number of nitrogens with one attached hydrogen (secondary N) is 1. The lowest BCUT2D eigenvalue weighted by Crippen LogP contribution is -2.38. The van der Waals surface area contributed by atoms with Crippen molar-refractivity contribution < 1.29 is 19.4 Å². The molecule has 7 nitrogen and oxygen atoms in total. The number of nitrogens with zero attached hydrogens (tertiary/aromatic N) is 2. The van der Waals surface area contributed by atoms with Gasteiger partial charge in [-0.15, -0.1) is 0 Å². The van der Waals surface area contributed by atoms with Crippen LogP contribution in [0.1, 0.15) is 32.6 Å². The third-order valence-electron chi connectivity index (χ3n) is 7.32. The van der Waals surface area contributed by atoms with Crippen molar-refractivity contribution in [1.82, 2.24) is 9.78 Å². The molecule has 5 aromatic carbocycles. The van der Waals surface area contributed by atoms with Crippen molar-refractivity contribution in [1.29, 1.82) is 0 Å². The number of aromatic carboxylic acids is 1. The van der Waals surface area contributed by atoms with Gasteiger partial charge in [-0.2, -0.15) is 5.10 Å². The van der Waals surface area contributed by atoms with Gasteiger partial charge in [-0.05, 0) is 34.4 Å². The zero-order chi connectivity index (χ0) is 29.8. The number of benzene rings is 5. The lowest BCUT2D eigenvalue weighted by atomic mass is 9.77. The van der Waals surface area contributed by atoms with Gasteiger partial charge in [-0.3, -0.25) is 5.32 Å². The van der Waals surface area contributed by atoms with Crippen LogP contribution in [0.2, 0.25) is 5.02 Å². The van der Waals surface area contributed by atoms with E-state index in [9.17, 15) is 14.7 Å². The number of carbonyl (C=O) groups is 2. The van der Waals surface area contributed by atoms with E-state index in [1.54, 1.807) is 10.7 Å². The third-order valence-corrected chi connectivity index (χ3v) is 7.64. The molecule has 8 heteroatoms. The van der Waals surface area contributed by atoms with Gasteiger partial charge in [-0.1, -0.05) is 133 Å².